The van der Waals surface area contributed by atoms with Crippen molar-refractivity contribution in [2.45, 2.75) is 45.4 Å². The van der Waals surface area contributed by atoms with Crippen molar-refractivity contribution in [3.63, 3.8) is 0 Å². The van der Waals surface area contributed by atoms with Crippen LogP contribution in [0.5, 0.6) is 0 Å². The van der Waals surface area contributed by atoms with E-state index in [-0.39, 0.29) is 23.6 Å². The van der Waals surface area contributed by atoms with Gasteiger partial charge in [0.1, 0.15) is 11.3 Å². The lowest BCUT2D eigenvalue weighted by atomic mass is 9.95. The summed E-state index contributed by atoms with van der Waals surface area (Å²) in [7, 11) is 0. The van der Waals surface area contributed by atoms with Gasteiger partial charge in [0, 0.05) is 37.9 Å². The van der Waals surface area contributed by atoms with Gasteiger partial charge in [-0.1, -0.05) is 19.1 Å². The topological polar surface area (TPSA) is 80.3 Å². The van der Waals surface area contributed by atoms with E-state index in [1.54, 1.807) is 13.0 Å². The highest BCUT2D eigenvalue weighted by atomic mass is 19.1. The highest BCUT2D eigenvalue weighted by molar-refractivity contribution is 5.83. The van der Waals surface area contributed by atoms with E-state index in [4.69, 9.17) is 4.52 Å². The molecule has 4 heterocycles. The molecule has 0 saturated carbocycles. The number of carbonyl (C=O) groups is 1. The molecule has 8 nitrogen and oxygen atoms in total. The lowest BCUT2D eigenvalue weighted by Gasteiger charge is -2.32. The van der Waals surface area contributed by atoms with E-state index in [2.05, 4.69) is 20.1 Å². The molecule has 0 unspecified atom stereocenters. The van der Waals surface area contributed by atoms with E-state index in [1.165, 1.54) is 10.7 Å². The van der Waals surface area contributed by atoms with Crippen LogP contribution in [0.4, 0.5) is 4.39 Å². The molecule has 2 saturated heterocycles. The van der Waals surface area contributed by atoms with Gasteiger partial charge in [0.2, 0.25) is 11.8 Å². The molecule has 32 heavy (non-hydrogen) atoms. The van der Waals surface area contributed by atoms with Gasteiger partial charge < -0.3 is 14.3 Å². The van der Waals surface area contributed by atoms with E-state index >= 15 is 0 Å². The third kappa shape index (κ3) is 3.90. The second-order valence-corrected chi connectivity index (χ2v) is 8.98. The van der Waals surface area contributed by atoms with Gasteiger partial charge in [0.05, 0.1) is 5.69 Å². The number of hydrogen-bond donors (Lipinski definition) is 0. The van der Waals surface area contributed by atoms with Gasteiger partial charge in [-0.25, -0.2) is 4.39 Å². The Bertz CT molecular complexity index is 1120. The number of carbonyl (C=O) groups excluding carboxylic acids is 1. The van der Waals surface area contributed by atoms with Crippen molar-refractivity contribution in [1.82, 2.24) is 29.7 Å². The van der Waals surface area contributed by atoms with Crippen molar-refractivity contribution < 1.29 is 13.7 Å². The SMILES string of the molecule is CCc1nn(-c2noc(C3CCN(C[C@@H]4CCN(C(C)=O)C4)CC3)n2)c2c(F)cccc12. The van der Waals surface area contributed by atoms with Gasteiger partial charge in [0.15, 0.2) is 0 Å². The minimum absolute atomic E-state index is 0.175. The van der Waals surface area contributed by atoms with E-state index in [1.807, 2.05) is 17.9 Å². The van der Waals surface area contributed by atoms with Gasteiger partial charge >= 0.3 is 0 Å². The molecule has 1 amide bonds. The highest BCUT2D eigenvalue weighted by Gasteiger charge is 2.30. The van der Waals surface area contributed by atoms with E-state index in [9.17, 15) is 9.18 Å². The molecule has 0 bridgehead atoms. The van der Waals surface area contributed by atoms with Crippen LogP contribution < -0.4 is 0 Å². The van der Waals surface area contributed by atoms with Crippen molar-refractivity contribution in [2.24, 2.45) is 5.92 Å². The molecular weight excluding hydrogens is 411 g/mol. The predicted octanol–water partition coefficient (Wildman–Crippen LogP) is 3.16. The van der Waals surface area contributed by atoms with Crippen molar-refractivity contribution in [3.05, 3.63) is 35.6 Å². The Morgan fingerprint density at radius 1 is 1.22 bits per heavy atom. The minimum Gasteiger partial charge on any atom is -0.343 e. The number of benzene rings is 1. The van der Waals surface area contributed by atoms with Crippen LogP contribution in [-0.2, 0) is 11.2 Å². The Kier molecular flexibility index (Phi) is 5.67. The first-order chi connectivity index (χ1) is 15.5. The molecule has 2 aliphatic heterocycles. The summed E-state index contributed by atoms with van der Waals surface area (Å²) < 4.78 is 21.6. The lowest BCUT2D eigenvalue weighted by molar-refractivity contribution is -0.127. The average molecular weight is 441 g/mol. The van der Waals surface area contributed by atoms with Gasteiger partial charge in [-0.15, -0.1) is 0 Å². The van der Waals surface area contributed by atoms with Crippen molar-refractivity contribution in [2.75, 3.05) is 32.7 Å². The van der Waals surface area contributed by atoms with E-state index < -0.39 is 0 Å². The Labute approximate surface area is 186 Å². The van der Waals surface area contributed by atoms with Crippen molar-refractivity contribution in [3.8, 4) is 5.95 Å². The smallest absolute Gasteiger partial charge is 0.291 e. The highest BCUT2D eigenvalue weighted by Crippen LogP contribution is 2.30. The summed E-state index contributed by atoms with van der Waals surface area (Å²) in [4.78, 5) is 20.6. The average Bonchev–Trinajstić information content (AvgIpc) is 3.53. The van der Waals surface area contributed by atoms with Crippen LogP contribution in [0.25, 0.3) is 16.9 Å². The number of amides is 1. The number of hydrogen-bond acceptors (Lipinski definition) is 6. The molecule has 0 spiro atoms. The van der Waals surface area contributed by atoms with Crippen LogP contribution in [0, 0.1) is 11.7 Å². The van der Waals surface area contributed by atoms with Crippen LogP contribution in [0.15, 0.2) is 22.7 Å². The summed E-state index contributed by atoms with van der Waals surface area (Å²) in [6, 6.07) is 5.00. The summed E-state index contributed by atoms with van der Waals surface area (Å²) in [5.41, 5.74) is 1.21. The number of para-hydroxylation sites is 1. The molecule has 9 heteroatoms. The van der Waals surface area contributed by atoms with Crippen LogP contribution in [-0.4, -0.2) is 68.4 Å². The molecule has 170 valence electrons. The molecule has 2 aromatic heterocycles. The number of nitrogens with zero attached hydrogens (tertiary/aromatic N) is 6. The Morgan fingerprint density at radius 2 is 2.03 bits per heavy atom. The monoisotopic (exact) mass is 440 g/mol. The molecule has 0 aliphatic carbocycles. The number of piperidine rings is 1. The molecule has 0 N–H and O–H groups in total. The van der Waals surface area contributed by atoms with Gasteiger partial charge in [-0.2, -0.15) is 14.8 Å². The number of likely N-dealkylation sites (tertiary alicyclic amines) is 2. The summed E-state index contributed by atoms with van der Waals surface area (Å²) >= 11 is 0. The van der Waals surface area contributed by atoms with Crippen LogP contribution in [0.3, 0.4) is 0 Å². The molecule has 2 fully saturated rings. The Hall–Kier alpha value is -2.81. The number of fused-ring (bicyclic) bond motifs is 1. The van der Waals surface area contributed by atoms with Crippen molar-refractivity contribution >= 4 is 16.8 Å². The minimum atomic E-state index is -0.343. The summed E-state index contributed by atoms with van der Waals surface area (Å²) in [5, 5.41) is 9.44. The van der Waals surface area contributed by atoms with Crippen LogP contribution in [0.1, 0.15) is 50.6 Å². The third-order valence-electron chi connectivity index (χ3n) is 6.87. The fourth-order valence-corrected chi connectivity index (χ4v) is 5.07. The second-order valence-electron chi connectivity index (χ2n) is 8.98. The molecule has 2 aliphatic rings. The third-order valence-corrected chi connectivity index (χ3v) is 6.87. The Morgan fingerprint density at radius 3 is 2.75 bits per heavy atom. The quantitative estimate of drug-likeness (QED) is 0.606. The second kappa shape index (κ2) is 8.61. The largest absolute Gasteiger partial charge is 0.343 e. The summed E-state index contributed by atoms with van der Waals surface area (Å²) in [6.45, 7) is 8.37. The first-order valence-electron chi connectivity index (χ1n) is 11.5. The van der Waals surface area contributed by atoms with E-state index in [0.717, 1.165) is 63.1 Å². The molecule has 1 atom stereocenters. The maximum absolute atomic E-state index is 14.5. The molecule has 1 aromatic carbocycles. The fraction of sp³-hybridized carbons (Fsp3) is 0.565. The molecule has 3 aromatic rings. The number of halogens is 1. The van der Waals surface area contributed by atoms with Crippen LogP contribution >= 0.6 is 0 Å². The predicted molar refractivity (Wildman–Crippen MR) is 117 cm³/mol. The Balaban J connectivity index is 1.25. The van der Waals surface area contributed by atoms with Crippen molar-refractivity contribution in [1.29, 1.82) is 0 Å². The van der Waals surface area contributed by atoms with E-state index in [0.29, 0.717) is 23.7 Å². The first-order valence-corrected chi connectivity index (χ1v) is 11.5. The zero-order valence-corrected chi connectivity index (χ0v) is 18.6. The first kappa shape index (κ1) is 21.1. The van der Waals surface area contributed by atoms with Gasteiger partial charge in [-0.05, 0) is 55.9 Å². The maximum Gasteiger partial charge on any atom is 0.291 e. The summed E-state index contributed by atoms with van der Waals surface area (Å²) in [6.07, 6.45) is 3.67. The molecule has 0 radical (unpaired) electrons. The molecule has 5 rings (SSSR count). The lowest BCUT2D eigenvalue weighted by Crippen LogP contribution is -2.37. The maximum atomic E-state index is 14.5. The molecular formula is C23H29FN6O2. The zero-order chi connectivity index (χ0) is 22.2. The standard InChI is InChI=1S/C23H29FN6O2/c1-3-20-18-5-4-6-19(24)21(18)30(26-20)23-25-22(32-27-23)17-8-10-28(11-9-17)13-16-7-12-29(14-16)15(2)31/h4-6,16-17H,3,7-14H2,1-2H3/t16-/m0/s1. The number of aromatic nitrogens is 4. The fourth-order valence-electron chi connectivity index (χ4n) is 5.07. The zero-order valence-electron chi connectivity index (χ0n) is 18.6. The van der Waals surface area contributed by atoms with Gasteiger partial charge in [0.25, 0.3) is 5.95 Å². The normalized spacial score (nSPS) is 20.5. The van der Waals surface area contributed by atoms with Gasteiger partial charge in [-0.3, -0.25) is 4.79 Å². The van der Waals surface area contributed by atoms with Crippen LogP contribution in [0.2, 0.25) is 0 Å². The summed E-state index contributed by atoms with van der Waals surface area (Å²) in [5.74, 6) is 1.47. The number of rotatable bonds is 5. The number of aryl methyl sites for hydroxylation is 1.